The maximum Gasteiger partial charge on any atom is 0.184 e. The van der Waals surface area contributed by atoms with Crippen LogP contribution in [0.1, 0.15) is 11.3 Å². The summed E-state index contributed by atoms with van der Waals surface area (Å²) < 4.78 is 0.941. The van der Waals surface area contributed by atoms with Crippen molar-refractivity contribution in [2.75, 3.05) is 0 Å². The third-order valence-corrected chi connectivity index (χ3v) is 1.62. The predicted octanol–water partition coefficient (Wildman–Crippen LogP) is 0.702. The van der Waals surface area contributed by atoms with E-state index in [2.05, 4.69) is 0 Å². The van der Waals surface area contributed by atoms with Gasteiger partial charge in [-0.25, -0.2) is 0 Å². The minimum Gasteiger partial charge on any atom is -0.429 e. The molecule has 1 N–H and O–H groups in total. The van der Waals surface area contributed by atoms with Gasteiger partial charge in [0.15, 0.2) is 5.43 Å². The molecule has 1 aromatic rings. The van der Waals surface area contributed by atoms with Crippen LogP contribution in [0.15, 0.2) is 17.1 Å². The van der Waals surface area contributed by atoms with Crippen LogP contribution in [-0.2, 0) is 0 Å². The Kier molecular flexibility index (Phi) is 1.49. The molecule has 0 bridgehead atoms. The second kappa shape index (κ2) is 2.17. The monoisotopic (exact) mass is 139 g/mol. The van der Waals surface area contributed by atoms with Gasteiger partial charge >= 0.3 is 0 Å². The van der Waals surface area contributed by atoms with Crippen LogP contribution in [-0.4, -0.2) is 9.94 Å². The van der Waals surface area contributed by atoms with Gasteiger partial charge in [-0.3, -0.25) is 4.79 Å². The van der Waals surface area contributed by atoms with Crippen molar-refractivity contribution in [1.29, 1.82) is 0 Å². The maximum absolute atomic E-state index is 10.9. The van der Waals surface area contributed by atoms with Gasteiger partial charge in [0.25, 0.3) is 0 Å². The first kappa shape index (κ1) is 6.86. The predicted molar refractivity (Wildman–Crippen MR) is 37.4 cm³/mol. The summed E-state index contributed by atoms with van der Waals surface area (Å²) in [5, 5.41) is 9.00. The molecule has 0 spiro atoms. The van der Waals surface area contributed by atoms with E-state index in [0.717, 1.165) is 4.73 Å². The lowest BCUT2D eigenvalue weighted by Gasteiger charge is -2.02. The fourth-order valence-electron chi connectivity index (χ4n) is 0.725. The highest BCUT2D eigenvalue weighted by Gasteiger charge is 1.98. The molecule has 0 aliphatic rings. The number of pyridine rings is 1. The van der Waals surface area contributed by atoms with Crippen molar-refractivity contribution in [3.8, 4) is 0 Å². The molecule has 0 aromatic carbocycles. The maximum atomic E-state index is 10.9. The van der Waals surface area contributed by atoms with Crippen LogP contribution in [0.5, 0.6) is 0 Å². The molecule has 0 saturated carbocycles. The molecule has 1 heterocycles. The Morgan fingerprint density at radius 3 is 2.60 bits per heavy atom. The molecule has 0 aliphatic heterocycles. The fourth-order valence-corrected chi connectivity index (χ4v) is 0.725. The molecule has 3 heteroatoms. The summed E-state index contributed by atoms with van der Waals surface area (Å²) in [6.45, 7) is 3.38. The van der Waals surface area contributed by atoms with Crippen molar-refractivity contribution >= 4 is 0 Å². The van der Waals surface area contributed by atoms with Crippen LogP contribution < -0.4 is 5.43 Å². The Bertz CT molecular complexity index is 301. The van der Waals surface area contributed by atoms with E-state index in [1.54, 1.807) is 13.8 Å². The highest BCUT2D eigenvalue weighted by molar-refractivity contribution is 5.16. The molecule has 10 heavy (non-hydrogen) atoms. The Labute approximate surface area is 58.5 Å². The van der Waals surface area contributed by atoms with Crippen molar-refractivity contribution in [3.05, 3.63) is 33.7 Å². The van der Waals surface area contributed by atoms with Crippen molar-refractivity contribution in [2.24, 2.45) is 0 Å². The summed E-state index contributed by atoms with van der Waals surface area (Å²) in [4.78, 5) is 10.9. The number of hydrogen-bond acceptors (Lipinski definition) is 2. The van der Waals surface area contributed by atoms with E-state index < -0.39 is 0 Å². The minimum absolute atomic E-state index is 0.0391. The zero-order valence-corrected chi connectivity index (χ0v) is 5.96. The fraction of sp³-hybridized carbons (Fsp3) is 0.286. The number of nitrogens with zero attached hydrogens (tertiary/aromatic N) is 1. The number of aromatic nitrogens is 1. The van der Waals surface area contributed by atoms with Gasteiger partial charge < -0.3 is 5.21 Å². The minimum atomic E-state index is -0.0391. The van der Waals surface area contributed by atoms with Crippen LogP contribution in [0.3, 0.4) is 0 Å². The molecule has 1 aromatic heterocycles. The zero-order chi connectivity index (χ0) is 7.72. The Morgan fingerprint density at radius 1 is 1.50 bits per heavy atom. The summed E-state index contributed by atoms with van der Waals surface area (Å²) in [6, 6.07) is 1.34. The van der Waals surface area contributed by atoms with Gasteiger partial charge in [0, 0.05) is 17.8 Å². The standard InChI is InChI=1S/C7H9NO2/c1-5-6(2)8(10)4-3-7(5)9/h3-4,10H,1-2H3. The zero-order valence-electron chi connectivity index (χ0n) is 5.96. The summed E-state index contributed by atoms with van der Waals surface area (Å²) in [7, 11) is 0. The average molecular weight is 139 g/mol. The smallest absolute Gasteiger partial charge is 0.184 e. The topological polar surface area (TPSA) is 42.2 Å². The normalized spacial score (nSPS) is 9.80. The van der Waals surface area contributed by atoms with E-state index in [9.17, 15) is 4.79 Å². The van der Waals surface area contributed by atoms with Crippen molar-refractivity contribution in [2.45, 2.75) is 13.8 Å². The highest BCUT2D eigenvalue weighted by Crippen LogP contribution is 1.96. The lowest BCUT2D eigenvalue weighted by Crippen LogP contribution is -2.11. The van der Waals surface area contributed by atoms with E-state index in [0.29, 0.717) is 11.3 Å². The molecule has 3 nitrogen and oxygen atoms in total. The molecule has 0 radical (unpaired) electrons. The van der Waals surface area contributed by atoms with Gasteiger partial charge in [-0.2, -0.15) is 4.73 Å². The first-order valence-electron chi connectivity index (χ1n) is 3.01. The Hall–Kier alpha value is -1.25. The third-order valence-electron chi connectivity index (χ3n) is 1.62. The van der Waals surface area contributed by atoms with Crippen LogP contribution >= 0.6 is 0 Å². The molecule has 0 saturated heterocycles. The average Bonchev–Trinajstić information content (AvgIpc) is 1.93. The summed E-state index contributed by atoms with van der Waals surface area (Å²) in [5.74, 6) is 0. The molecule has 54 valence electrons. The first-order chi connectivity index (χ1) is 4.63. The third kappa shape index (κ3) is 0.900. The van der Waals surface area contributed by atoms with Gasteiger partial charge in [0.2, 0.25) is 0 Å². The van der Waals surface area contributed by atoms with E-state index in [1.165, 1.54) is 12.3 Å². The largest absolute Gasteiger partial charge is 0.429 e. The van der Waals surface area contributed by atoms with Gasteiger partial charge in [0.1, 0.15) is 0 Å². The first-order valence-corrected chi connectivity index (χ1v) is 3.01. The molecule has 0 amide bonds. The van der Waals surface area contributed by atoms with Gasteiger partial charge in [-0.05, 0) is 13.8 Å². The van der Waals surface area contributed by atoms with E-state index in [1.807, 2.05) is 0 Å². The van der Waals surface area contributed by atoms with Crippen LogP contribution in [0.2, 0.25) is 0 Å². The van der Waals surface area contributed by atoms with Crippen molar-refractivity contribution in [3.63, 3.8) is 0 Å². The van der Waals surface area contributed by atoms with E-state index in [-0.39, 0.29) is 5.43 Å². The van der Waals surface area contributed by atoms with Gasteiger partial charge in [-0.1, -0.05) is 0 Å². The molecule has 0 atom stereocenters. The van der Waals surface area contributed by atoms with Gasteiger partial charge in [0.05, 0.1) is 5.69 Å². The molecule has 0 aliphatic carbocycles. The summed E-state index contributed by atoms with van der Waals surface area (Å²) >= 11 is 0. The molecule has 0 unspecified atom stereocenters. The lowest BCUT2D eigenvalue weighted by molar-refractivity contribution is 0.177. The lowest BCUT2D eigenvalue weighted by atomic mass is 10.2. The quantitative estimate of drug-likeness (QED) is 0.537. The Balaban J connectivity index is 3.49. The molecule has 0 fully saturated rings. The van der Waals surface area contributed by atoms with E-state index in [4.69, 9.17) is 5.21 Å². The molecular formula is C7H9NO2. The summed E-state index contributed by atoms with van der Waals surface area (Å²) in [6.07, 6.45) is 1.34. The van der Waals surface area contributed by atoms with Crippen molar-refractivity contribution in [1.82, 2.24) is 4.73 Å². The second-order valence-electron chi connectivity index (χ2n) is 2.23. The molecule has 1 rings (SSSR count). The van der Waals surface area contributed by atoms with Crippen LogP contribution in [0.25, 0.3) is 0 Å². The SMILES string of the molecule is Cc1c(C)n(O)ccc1=O. The van der Waals surface area contributed by atoms with Crippen molar-refractivity contribution < 1.29 is 5.21 Å². The van der Waals surface area contributed by atoms with Crippen LogP contribution in [0, 0.1) is 13.8 Å². The molecular weight excluding hydrogens is 130 g/mol. The van der Waals surface area contributed by atoms with E-state index >= 15 is 0 Å². The Morgan fingerprint density at radius 2 is 2.10 bits per heavy atom. The number of rotatable bonds is 0. The van der Waals surface area contributed by atoms with Crippen LogP contribution in [0.4, 0.5) is 0 Å². The second-order valence-corrected chi connectivity index (χ2v) is 2.23. The summed E-state index contributed by atoms with van der Waals surface area (Å²) in [5.41, 5.74) is 1.14. The highest BCUT2D eigenvalue weighted by atomic mass is 16.5. The van der Waals surface area contributed by atoms with Gasteiger partial charge in [-0.15, -0.1) is 0 Å². The number of hydrogen-bond donors (Lipinski definition) is 1.